The Morgan fingerprint density at radius 3 is 3.13 bits per heavy atom. The minimum Gasteiger partial charge on any atom is -0.375 e. The van der Waals surface area contributed by atoms with E-state index in [-0.39, 0.29) is 12.5 Å². The van der Waals surface area contributed by atoms with Gasteiger partial charge in [-0.1, -0.05) is 0 Å². The SMILES string of the molecule is COCC(=O)N1CC[C@H]2O[C@H](C)C[C@@H]2C1. The summed E-state index contributed by atoms with van der Waals surface area (Å²) < 4.78 is 10.7. The van der Waals surface area contributed by atoms with Crippen LogP contribution in [-0.4, -0.2) is 49.8 Å². The molecule has 1 amide bonds. The van der Waals surface area contributed by atoms with Gasteiger partial charge in [0.1, 0.15) is 6.61 Å². The van der Waals surface area contributed by atoms with Gasteiger partial charge in [-0.05, 0) is 19.8 Å². The third-order valence-electron chi connectivity index (χ3n) is 3.33. The van der Waals surface area contributed by atoms with Crippen molar-refractivity contribution in [3.8, 4) is 0 Å². The van der Waals surface area contributed by atoms with Crippen molar-refractivity contribution in [1.82, 2.24) is 4.90 Å². The Labute approximate surface area is 90.5 Å². The third-order valence-corrected chi connectivity index (χ3v) is 3.33. The molecule has 15 heavy (non-hydrogen) atoms. The van der Waals surface area contributed by atoms with Crippen molar-refractivity contribution in [2.45, 2.75) is 32.0 Å². The first-order valence-electron chi connectivity index (χ1n) is 5.63. The molecule has 2 heterocycles. The molecule has 0 unspecified atom stereocenters. The Morgan fingerprint density at radius 2 is 2.40 bits per heavy atom. The number of ether oxygens (including phenoxy) is 2. The zero-order valence-electron chi connectivity index (χ0n) is 9.44. The summed E-state index contributed by atoms with van der Waals surface area (Å²) in [5.41, 5.74) is 0. The Bertz CT molecular complexity index is 244. The van der Waals surface area contributed by atoms with E-state index in [9.17, 15) is 4.79 Å². The molecule has 0 aromatic heterocycles. The highest BCUT2D eigenvalue weighted by molar-refractivity contribution is 5.77. The molecule has 4 nitrogen and oxygen atoms in total. The molecule has 0 aromatic carbocycles. The molecule has 3 atom stereocenters. The van der Waals surface area contributed by atoms with Crippen LogP contribution in [0.5, 0.6) is 0 Å². The van der Waals surface area contributed by atoms with Gasteiger partial charge in [0.15, 0.2) is 0 Å². The first kappa shape index (κ1) is 10.9. The maximum atomic E-state index is 11.6. The molecule has 2 aliphatic rings. The van der Waals surface area contributed by atoms with Crippen LogP contribution in [-0.2, 0) is 14.3 Å². The molecule has 86 valence electrons. The topological polar surface area (TPSA) is 38.8 Å². The summed E-state index contributed by atoms with van der Waals surface area (Å²) in [5, 5.41) is 0. The number of piperidine rings is 1. The van der Waals surface area contributed by atoms with E-state index < -0.39 is 0 Å². The normalized spacial score (nSPS) is 35.3. The zero-order chi connectivity index (χ0) is 10.8. The van der Waals surface area contributed by atoms with Gasteiger partial charge in [-0.3, -0.25) is 4.79 Å². The molecular formula is C11H19NO3. The summed E-state index contributed by atoms with van der Waals surface area (Å²) in [6, 6.07) is 0. The van der Waals surface area contributed by atoms with Crippen molar-refractivity contribution in [1.29, 1.82) is 0 Å². The molecule has 0 aromatic rings. The second-order valence-electron chi connectivity index (χ2n) is 4.54. The van der Waals surface area contributed by atoms with Gasteiger partial charge in [0.05, 0.1) is 12.2 Å². The summed E-state index contributed by atoms with van der Waals surface area (Å²) in [6.07, 6.45) is 2.80. The molecule has 2 fully saturated rings. The summed E-state index contributed by atoms with van der Waals surface area (Å²) in [7, 11) is 1.56. The number of carbonyl (C=O) groups excluding carboxylic acids is 1. The fourth-order valence-electron chi connectivity index (χ4n) is 2.64. The summed E-state index contributed by atoms with van der Waals surface area (Å²) in [4.78, 5) is 13.5. The van der Waals surface area contributed by atoms with Crippen LogP contribution in [0.2, 0.25) is 0 Å². The highest BCUT2D eigenvalue weighted by Crippen LogP contribution is 2.32. The quantitative estimate of drug-likeness (QED) is 0.676. The van der Waals surface area contributed by atoms with Gasteiger partial charge in [-0.25, -0.2) is 0 Å². The molecule has 2 aliphatic heterocycles. The average Bonchev–Trinajstić information content (AvgIpc) is 2.57. The first-order valence-corrected chi connectivity index (χ1v) is 5.63. The fraction of sp³-hybridized carbons (Fsp3) is 0.909. The second-order valence-corrected chi connectivity index (χ2v) is 4.54. The second kappa shape index (κ2) is 4.49. The van der Waals surface area contributed by atoms with Crippen LogP contribution < -0.4 is 0 Å². The van der Waals surface area contributed by atoms with Crippen molar-refractivity contribution >= 4 is 5.91 Å². The third kappa shape index (κ3) is 2.32. The van der Waals surface area contributed by atoms with Crippen LogP contribution in [0.25, 0.3) is 0 Å². The molecular weight excluding hydrogens is 194 g/mol. The van der Waals surface area contributed by atoms with Crippen LogP contribution in [0.3, 0.4) is 0 Å². The number of amides is 1. The van der Waals surface area contributed by atoms with Gasteiger partial charge in [-0.2, -0.15) is 0 Å². The van der Waals surface area contributed by atoms with Gasteiger partial charge in [0, 0.05) is 26.1 Å². The van der Waals surface area contributed by atoms with Crippen molar-refractivity contribution in [2.75, 3.05) is 26.8 Å². The predicted octanol–water partition coefficient (Wildman–Crippen LogP) is 0.659. The molecule has 0 saturated carbocycles. The lowest BCUT2D eigenvalue weighted by molar-refractivity contribution is -0.138. The maximum absolute atomic E-state index is 11.6. The van der Waals surface area contributed by atoms with E-state index in [1.807, 2.05) is 4.90 Å². The standard InChI is InChI=1S/C11H19NO3/c1-8-5-9-6-12(11(13)7-14-2)4-3-10(9)15-8/h8-10H,3-7H2,1-2H3/t8-,9-,10-/m1/s1. The number of methoxy groups -OCH3 is 1. The highest BCUT2D eigenvalue weighted by atomic mass is 16.5. The zero-order valence-corrected chi connectivity index (χ0v) is 9.44. The van der Waals surface area contributed by atoms with Crippen molar-refractivity contribution in [2.24, 2.45) is 5.92 Å². The molecule has 0 radical (unpaired) electrons. The number of carbonyl (C=O) groups is 1. The van der Waals surface area contributed by atoms with E-state index in [0.717, 1.165) is 25.9 Å². The number of hydrogen-bond acceptors (Lipinski definition) is 3. The smallest absolute Gasteiger partial charge is 0.248 e. The highest BCUT2D eigenvalue weighted by Gasteiger charge is 2.38. The average molecular weight is 213 g/mol. The van der Waals surface area contributed by atoms with Gasteiger partial charge in [0.25, 0.3) is 0 Å². The van der Waals surface area contributed by atoms with E-state index in [0.29, 0.717) is 18.1 Å². The maximum Gasteiger partial charge on any atom is 0.248 e. The minimum atomic E-state index is 0.107. The first-order chi connectivity index (χ1) is 7.20. The van der Waals surface area contributed by atoms with E-state index in [1.54, 1.807) is 7.11 Å². The summed E-state index contributed by atoms with van der Waals surface area (Å²) in [5.74, 6) is 0.644. The lowest BCUT2D eigenvalue weighted by Gasteiger charge is -2.33. The summed E-state index contributed by atoms with van der Waals surface area (Å²) >= 11 is 0. The van der Waals surface area contributed by atoms with Crippen LogP contribution in [0.15, 0.2) is 0 Å². The minimum absolute atomic E-state index is 0.107. The Hall–Kier alpha value is -0.610. The lowest BCUT2D eigenvalue weighted by Crippen LogP contribution is -2.45. The molecule has 4 heteroatoms. The van der Waals surface area contributed by atoms with Gasteiger partial charge >= 0.3 is 0 Å². The van der Waals surface area contributed by atoms with Crippen LogP contribution in [0.4, 0.5) is 0 Å². The van der Waals surface area contributed by atoms with Crippen LogP contribution in [0, 0.1) is 5.92 Å². The molecule has 0 spiro atoms. The van der Waals surface area contributed by atoms with Gasteiger partial charge < -0.3 is 14.4 Å². The number of hydrogen-bond donors (Lipinski definition) is 0. The van der Waals surface area contributed by atoms with Crippen LogP contribution in [0.1, 0.15) is 19.8 Å². The number of nitrogens with zero attached hydrogens (tertiary/aromatic N) is 1. The number of rotatable bonds is 2. The van der Waals surface area contributed by atoms with Crippen molar-refractivity contribution in [3.63, 3.8) is 0 Å². The van der Waals surface area contributed by atoms with Crippen molar-refractivity contribution < 1.29 is 14.3 Å². The Morgan fingerprint density at radius 1 is 1.60 bits per heavy atom. The van der Waals surface area contributed by atoms with E-state index in [1.165, 1.54) is 0 Å². The van der Waals surface area contributed by atoms with E-state index in [4.69, 9.17) is 9.47 Å². The van der Waals surface area contributed by atoms with Crippen LogP contribution >= 0.6 is 0 Å². The van der Waals surface area contributed by atoms with Gasteiger partial charge in [0.2, 0.25) is 5.91 Å². The number of fused-ring (bicyclic) bond motifs is 1. The van der Waals surface area contributed by atoms with Crippen molar-refractivity contribution in [3.05, 3.63) is 0 Å². The molecule has 0 bridgehead atoms. The van der Waals surface area contributed by atoms with Gasteiger partial charge in [-0.15, -0.1) is 0 Å². The summed E-state index contributed by atoms with van der Waals surface area (Å²) in [6.45, 7) is 3.97. The predicted molar refractivity (Wildman–Crippen MR) is 55.5 cm³/mol. The fourth-order valence-corrected chi connectivity index (χ4v) is 2.64. The Balaban J connectivity index is 1.89. The monoisotopic (exact) mass is 213 g/mol. The largest absolute Gasteiger partial charge is 0.375 e. The molecule has 0 N–H and O–H groups in total. The molecule has 0 aliphatic carbocycles. The molecule has 2 rings (SSSR count). The lowest BCUT2D eigenvalue weighted by atomic mass is 9.93. The number of likely N-dealkylation sites (tertiary alicyclic amines) is 1. The van der Waals surface area contributed by atoms with E-state index in [2.05, 4.69) is 6.92 Å². The molecule has 2 saturated heterocycles. The van der Waals surface area contributed by atoms with E-state index >= 15 is 0 Å². The Kier molecular flexibility index (Phi) is 3.26.